The quantitative estimate of drug-likeness (QED) is 0.721. The van der Waals surface area contributed by atoms with Crippen LogP contribution in [0, 0.1) is 5.92 Å². The fourth-order valence-corrected chi connectivity index (χ4v) is 1.79. The minimum absolute atomic E-state index is 0.230. The van der Waals surface area contributed by atoms with Gasteiger partial charge in [0.1, 0.15) is 0 Å². The van der Waals surface area contributed by atoms with E-state index < -0.39 is 0 Å². The van der Waals surface area contributed by atoms with Gasteiger partial charge in [-0.1, -0.05) is 13.8 Å². The fourth-order valence-electron chi connectivity index (χ4n) is 1.79. The molecule has 1 fully saturated rings. The van der Waals surface area contributed by atoms with Gasteiger partial charge in [-0.25, -0.2) is 0 Å². The second-order valence-corrected chi connectivity index (χ2v) is 5.67. The van der Waals surface area contributed by atoms with Crippen LogP contribution in [-0.2, 0) is 4.79 Å². The van der Waals surface area contributed by atoms with E-state index in [-0.39, 0.29) is 11.9 Å². The molecule has 100 valence electrons. The molecular weight excluding hydrogens is 214 g/mol. The second kappa shape index (κ2) is 6.36. The van der Waals surface area contributed by atoms with Crippen molar-refractivity contribution in [3.8, 4) is 0 Å². The molecule has 1 atom stereocenters. The Morgan fingerprint density at radius 2 is 1.94 bits per heavy atom. The van der Waals surface area contributed by atoms with Gasteiger partial charge in [-0.05, 0) is 38.8 Å². The first kappa shape index (κ1) is 14.5. The summed E-state index contributed by atoms with van der Waals surface area (Å²) in [5.41, 5.74) is 5.99. The molecule has 1 aliphatic carbocycles. The summed E-state index contributed by atoms with van der Waals surface area (Å²) in [4.78, 5) is 15.8. The van der Waals surface area contributed by atoms with Gasteiger partial charge in [0.15, 0.2) is 0 Å². The SMILES string of the molecule is CC(C)C(N)CCN(C)CC(=O)N(C)C1CC1. The van der Waals surface area contributed by atoms with Crippen molar-refractivity contribution in [2.45, 2.75) is 45.2 Å². The lowest BCUT2D eigenvalue weighted by atomic mass is 10.0. The van der Waals surface area contributed by atoms with Crippen molar-refractivity contribution in [2.75, 3.05) is 27.2 Å². The van der Waals surface area contributed by atoms with E-state index in [0.29, 0.717) is 18.5 Å². The van der Waals surface area contributed by atoms with Gasteiger partial charge < -0.3 is 10.6 Å². The predicted octanol–water partition coefficient (Wildman–Crippen LogP) is 0.912. The second-order valence-electron chi connectivity index (χ2n) is 5.67. The molecule has 4 heteroatoms. The molecule has 1 unspecified atom stereocenters. The van der Waals surface area contributed by atoms with Crippen molar-refractivity contribution in [1.82, 2.24) is 9.80 Å². The first-order chi connectivity index (χ1) is 7.91. The van der Waals surface area contributed by atoms with Gasteiger partial charge in [-0.15, -0.1) is 0 Å². The number of carbonyl (C=O) groups is 1. The molecule has 0 bridgehead atoms. The number of nitrogens with zero attached hydrogens (tertiary/aromatic N) is 2. The lowest BCUT2D eigenvalue weighted by Crippen LogP contribution is -2.39. The third-order valence-electron chi connectivity index (χ3n) is 3.59. The van der Waals surface area contributed by atoms with Crippen molar-refractivity contribution >= 4 is 5.91 Å². The molecule has 1 amide bonds. The third kappa shape index (κ3) is 5.04. The molecule has 0 aromatic carbocycles. The Morgan fingerprint density at radius 3 is 2.41 bits per heavy atom. The van der Waals surface area contributed by atoms with E-state index in [9.17, 15) is 4.79 Å². The molecule has 4 nitrogen and oxygen atoms in total. The molecule has 17 heavy (non-hydrogen) atoms. The maximum Gasteiger partial charge on any atom is 0.236 e. The maximum absolute atomic E-state index is 11.9. The normalized spacial score (nSPS) is 17.6. The highest BCUT2D eigenvalue weighted by Gasteiger charge is 2.29. The summed E-state index contributed by atoms with van der Waals surface area (Å²) in [5.74, 6) is 0.737. The average Bonchev–Trinajstić information content (AvgIpc) is 3.08. The summed E-state index contributed by atoms with van der Waals surface area (Å²) in [7, 11) is 3.90. The van der Waals surface area contributed by atoms with Gasteiger partial charge in [0.05, 0.1) is 6.54 Å². The highest BCUT2D eigenvalue weighted by molar-refractivity contribution is 5.78. The zero-order valence-corrected chi connectivity index (χ0v) is 11.6. The average molecular weight is 241 g/mol. The summed E-state index contributed by atoms with van der Waals surface area (Å²) >= 11 is 0. The van der Waals surface area contributed by atoms with Gasteiger partial charge in [0, 0.05) is 19.1 Å². The zero-order chi connectivity index (χ0) is 13.0. The Labute approximate surface area is 105 Å². The topological polar surface area (TPSA) is 49.6 Å². The van der Waals surface area contributed by atoms with E-state index in [2.05, 4.69) is 18.7 Å². The molecule has 0 aromatic heterocycles. The zero-order valence-electron chi connectivity index (χ0n) is 11.6. The minimum Gasteiger partial charge on any atom is -0.342 e. The molecule has 0 radical (unpaired) electrons. The minimum atomic E-state index is 0.230. The Morgan fingerprint density at radius 1 is 1.35 bits per heavy atom. The monoisotopic (exact) mass is 241 g/mol. The van der Waals surface area contributed by atoms with E-state index in [4.69, 9.17) is 5.73 Å². The summed E-state index contributed by atoms with van der Waals surface area (Å²) in [5, 5.41) is 0. The van der Waals surface area contributed by atoms with Crippen LogP contribution in [0.2, 0.25) is 0 Å². The van der Waals surface area contributed by atoms with E-state index >= 15 is 0 Å². The van der Waals surface area contributed by atoms with Gasteiger partial charge in [-0.2, -0.15) is 0 Å². The standard InChI is InChI=1S/C13H27N3O/c1-10(2)12(14)7-8-15(3)9-13(17)16(4)11-5-6-11/h10-12H,5-9,14H2,1-4H3. The van der Waals surface area contributed by atoms with Crippen molar-refractivity contribution in [1.29, 1.82) is 0 Å². The molecule has 0 heterocycles. The van der Waals surface area contributed by atoms with Crippen LogP contribution in [-0.4, -0.2) is 55.0 Å². The molecule has 1 saturated carbocycles. The van der Waals surface area contributed by atoms with Crippen molar-refractivity contribution in [2.24, 2.45) is 11.7 Å². The molecule has 0 saturated heterocycles. The van der Waals surface area contributed by atoms with Crippen molar-refractivity contribution in [3.05, 3.63) is 0 Å². The number of likely N-dealkylation sites (N-methyl/N-ethyl adjacent to an activating group) is 2. The third-order valence-corrected chi connectivity index (χ3v) is 3.59. The molecule has 1 rings (SSSR count). The van der Waals surface area contributed by atoms with E-state index in [1.807, 2.05) is 19.0 Å². The van der Waals surface area contributed by atoms with Gasteiger partial charge in [0.2, 0.25) is 5.91 Å². The predicted molar refractivity (Wildman–Crippen MR) is 70.7 cm³/mol. The van der Waals surface area contributed by atoms with Crippen molar-refractivity contribution in [3.63, 3.8) is 0 Å². The van der Waals surface area contributed by atoms with Crippen LogP contribution in [0.1, 0.15) is 33.1 Å². The van der Waals surface area contributed by atoms with Crippen LogP contribution < -0.4 is 5.73 Å². The molecule has 2 N–H and O–H groups in total. The Bertz CT molecular complexity index is 251. The Kier molecular flexibility index (Phi) is 5.40. The number of hydrogen-bond donors (Lipinski definition) is 1. The summed E-state index contributed by atoms with van der Waals surface area (Å²) in [6.45, 7) is 5.68. The molecule has 0 aliphatic heterocycles. The van der Waals surface area contributed by atoms with Crippen LogP contribution in [0.25, 0.3) is 0 Å². The van der Waals surface area contributed by atoms with Crippen LogP contribution in [0.15, 0.2) is 0 Å². The smallest absolute Gasteiger partial charge is 0.236 e. The van der Waals surface area contributed by atoms with E-state index in [1.165, 1.54) is 12.8 Å². The highest BCUT2D eigenvalue weighted by atomic mass is 16.2. The van der Waals surface area contributed by atoms with Crippen LogP contribution in [0.3, 0.4) is 0 Å². The Balaban J connectivity index is 2.19. The van der Waals surface area contributed by atoms with Crippen LogP contribution in [0.5, 0.6) is 0 Å². The lowest BCUT2D eigenvalue weighted by molar-refractivity contribution is -0.131. The molecule has 1 aliphatic rings. The van der Waals surface area contributed by atoms with Crippen molar-refractivity contribution < 1.29 is 4.79 Å². The fraction of sp³-hybridized carbons (Fsp3) is 0.923. The number of rotatable bonds is 7. The number of carbonyl (C=O) groups excluding carboxylic acids is 1. The summed E-state index contributed by atoms with van der Waals surface area (Å²) in [6, 6.07) is 0.738. The van der Waals surface area contributed by atoms with Gasteiger partial charge >= 0.3 is 0 Å². The number of amides is 1. The largest absolute Gasteiger partial charge is 0.342 e. The van der Waals surface area contributed by atoms with E-state index in [0.717, 1.165) is 13.0 Å². The van der Waals surface area contributed by atoms with Crippen LogP contribution in [0.4, 0.5) is 0 Å². The van der Waals surface area contributed by atoms with Gasteiger partial charge in [-0.3, -0.25) is 9.69 Å². The number of hydrogen-bond acceptors (Lipinski definition) is 3. The number of nitrogens with two attached hydrogens (primary N) is 1. The molecular formula is C13H27N3O. The molecule has 0 spiro atoms. The molecule has 0 aromatic rings. The van der Waals surface area contributed by atoms with E-state index in [1.54, 1.807) is 0 Å². The lowest BCUT2D eigenvalue weighted by Gasteiger charge is -2.23. The highest BCUT2D eigenvalue weighted by Crippen LogP contribution is 2.25. The van der Waals surface area contributed by atoms with Gasteiger partial charge in [0.25, 0.3) is 0 Å². The summed E-state index contributed by atoms with van der Waals surface area (Å²) in [6.07, 6.45) is 3.29. The first-order valence-electron chi connectivity index (χ1n) is 6.61. The Hall–Kier alpha value is -0.610. The van der Waals surface area contributed by atoms with Crippen LogP contribution >= 0.6 is 0 Å². The summed E-state index contributed by atoms with van der Waals surface area (Å²) < 4.78 is 0. The first-order valence-corrected chi connectivity index (χ1v) is 6.61. The maximum atomic E-state index is 11.9.